The third kappa shape index (κ3) is 3.39. The summed E-state index contributed by atoms with van der Waals surface area (Å²) in [6, 6.07) is 5.61. The Morgan fingerprint density at radius 2 is 2.07 bits per heavy atom. The van der Waals surface area contributed by atoms with E-state index in [1.165, 1.54) is 0 Å². The van der Waals surface area contributed by atoms with E-state index in [1.54, 1.807) is 6.07 Å². The molecule has 0 atom stereocenters. The maximum atomic E-state index is 10.6. The highest BCUT2D eigenvalue weighted by atomic mass is 16.5. The number of benzene rings is 1. The molecule has 2 heteroatoms. The first-order valence-electron chi connectivity index (χ1n) is 5.52. The molecular formula is C13H18O2. The number of hydrogen-bond donors (Lipinski definition) is 0. The normalized spacial score (nSPS) is 10.0. The lowest BCUT2D eigenvalue weighted by Crippen LogP contribution is -1.99. The molecule has 1 rings (SSSR count). The summed E-state index contributed by atoms with van der Waals surface area (Å²) in [5, 5.41) is 0. The van der Waals surface area contributed by atoms with Crippen LogP contribution in [0.3, 0.4) is 0 Å². The Bertz CT molecular complexity index is 318. The Morgan fingerprint density at radius 1 is 1.27 bits per heavy atom. The van der Waals surface area contributed by atoms with Crippen LogP contribution in [0.15, 0.2) is 18.2 Å². The molecule has 0 aliphatic carbocycles. The number of aldehydes is 1. The lowest BCUT2D eigenvalue weighted by atomic mass is 10.1. The molecule has 0 saturated heterocycles. The predicted molar refractivity (Wildman–Crippen MR) is 61.6 cm³/mol. The van der Waals surface area contributed by atoms with E-state index >= 15 is 0 Å². The summed E-state index contributed by atoms with van der Waals surface area (Å²) in [5.41, 5.74) is 1.86. The molecule has 82 valence electrons. The SMILES string of the molecule is CCCOc1ccc(C=O)cc1CCC. The topological polar surface area (TPSA) is 26.3 Å². The molecular weight excluding hydrogens is 188 g/mol. The van der Waals surface area contributed by atoms with Gasteiger partial charge in [-0.15, -0.1) is 0 Å². The van der Waals surface area contributed by atoms with Gasteiger partial charge in [-0.05, 0) is 36.6 Å². The zero-order chi connectivity index (χ0) is 11.1. The van der Waals surface area contributed by atoms with Gasteiger partial charge in [0.2, 0.25) is 0 Å². The van der Waals surface area contributed by atoms with E-state index in [4.69, 9.17) is 4.74 Å². The third-order valence-corrected chi connectivity index (χ3v) is 2.20. The van der Waals surface area contributed by atoms with Gasteiger partial charge >= 0.3 is 0 Å². The molecule has 2 nitrogen and oxygen atoms in total. The number of ether oxygens (including phenoxy) is 1. The Labute approximate surface area is 91.3 Å². The summed E-state index contributed by atoms with van der Waals surface area (Å²) >= 11 is 0. The number of carbonyl (C=O) groups excluding carboxylic acids is 1. The first-order valence-corrected chi connectivity index (χ1v) is 5.52. The van der Waals surface area contributed by atoms with Crippen LogP contribution in [0.1, 0.15) is 42.6 Å². The first kappa shape index (κ1) is 11.8. The zero-order valence-electron chi connectivity index (χ0n) is 9.45. The molecule has 0 saturated carbocycles. The van der Waals surface area contributed by atoms with Crippen molar-refractivity contribution in [3.63, 3.8) is 0 Å². The quantitative estimate of drug-likeness (QED) is 0.668. The summed E-state index contributed by atoms with van der Waals surface area (Å²) in [4.78, 5) is 10.6. The van der Waals surface area contributed by atoms with Crippen LogP contribution in [0.4, 0.5) is 0 Å². The van der Waals surface area contributed by atoms with Crippen LogP contribution in [0.25, 0.3) is 0 Å². The van der Waals surface area contributed by atoms with Crippen molar-refractivity contribution in [2.45, 2.75) is 33.1 Å². The highest BCUT2D eigenvalue weighted by Crippen LogP contribution is 2.21. The number of rotatable bonds is 6. The van der Waals surface area contributed by atoms with Gasteiger partial charge in [-0.25, -0.2) is 0 Å². The van der Waals surface area contributed by atoms with Gasteiger partial charge in [-0.2, -0.15) is 0 Å². The summed E-state index contributed by atoms with van der Waals surface area (Å²) in [6.07, 6.45) is 3.90. The lowest BCUT2D eigenvalue weighted by Gasteiger charge is -2.10. The Morgan fingerprint density at radius 3 is 2.67 bits per heavy atom. The molecule has 0 amide bonds. The molecule has 0 aromatic heterocycles. The molecule has 0 fully saturated rings. The number of aryl methyl sites for hydroxylation is 1. The van der Waals surface area contributed by atoms with E-state index in [2.05, 4.69) is 13.8 Å². The van der Waals surface area contributed by atoms with Crippen molar-refractivity contribution in [2.75, 3.05) is 6.61 Å². The fourth-order valence-corrected chi connectivity index (χ4v) is 1.49. The van der Waals surface area contributed by atoms with Gasteiger partial charge in [0, 0.05) is 5.56 Å². The van der Waals surface area contributed by atoms with Gasteiger partial charge < -0.3 is 4.74 Å². The van der Waals surface area contributed by atoms with Crippen molar-refractivity contribution in [2.24, 2.45) is 0 Å². The lowest BCUT2D eigenvalue weighted by molar-refractivity contribution is 0.112. The minimum absolute atomic E-state index is 0.724. The summed E-state index contributed by atoms with van der Waals surface area (Å²) in [6.45, 7) is 4.94. The minimum atomic E-state index is 0.724. The molecule has 0 aliphatic rings. The zero-order valence-corrected chi connectivity index (χ0v) is 9.45. The van der Waals surface area contributed by atoms with Gasteiger partial charge in [0.25, 0.3) is 0 Å². The van der Waals surface area contributed by atoms with Crippen LogP contribution in [0, 0.1) is 0 Å². The van der Waals surface area contributed by atoms with Crippen molar-refractivity contribution in [1.29, 1.82) is 0 Å². The Balaban J connectivity index is 2.87. The highest BCUT2D eigenvalue weighted by molar-refractivity contribution is 5.75. The van der Waals surface area contributed by atoms with Crippen molar-refractivity contribution in [1.82, 2.24) is 0 Å². The molecule has 0 spiro atoms. The molecule has 1 aromatic carbocycles. The molecule has 15 heavy (non-hydrogen) atoms. The molecule has 0 bridgehead atoms. The van der Waals surface area contributed by atoms with Crippen molar-refractivity contribution in [3.8, 4) is 5.75 Å². The van der Waals surface area contributed by atoms with Crippen LogP contribution < -0.4 is 4.74 Å². The van der Waals surface area contributed by atoms with Gasteiger partial charge in [-0.3, -0.25) is 4.79 Å². The Kier molecular flexibility index (Phi) is 4.88. The van der Waals surface area contributed by atoms with Gasteiger partial charge in [0.15, 0.2) is 0 Å². The largest absolute Gasteiger partial charge is 0.493 e. The second kappa shape index (κ2) is 6.23. The number of carbonyl (C=O) groups is 1. The van der Waals surface area contributed by atoms with Crippen LogP contribution in [-0.4, -0.2) is 12.9 Å². The average molecular weight is 206 g/mol. The monoisotopic (exact) mass is 206 g/mol. The van der Waals surface area contributed by atoms with E-state index in [1.807, 2.05) is 12.1 Å². The smallest absolute Gasteiger partial charge is 0.150 e. The predicted octanol–water partition coefficient (Wildman–Crippen LogP) is 3.24. The second-order valence-electron chi connectivity index (χ2n) is 3.58. The Hall–Kier alpha value is -1.31. The van der Waals surface area contributed by atoms with E-state index in [0.717, 1.165) is 49.0 Å². The van der Waals surface area contributed by atoms with Crippen molar-refractivity contribution in [3.05, 3.63) is 29.3 Å². The van der Waals surface area contributed by atoms with E-state index < -0.39 is 0 Å². The van der Waals surface area contributed by atoms with E-state index in [0.29, 0.717) is 0 Å². The average Bonchev–Trinajstić information content (AvgIpc) is 2.27. The second-order valence-corrected chi connectivity index (χ2v) is 3.58. The maximum Gasteiger partial charge on any atom is 0.150 e. The summed E-state index contributed by atoms with van der Waals surface area (Å²) in [7, 11) is 0. The molecule has 0 unspecified atom stereocenters. The molecule has 0 radical (unpaired) electrons. The fourth-order valence-electron chi connectivity index (χ4n) is 1.49. The van der Waals surface area contributed by atoms with Gasteiger partial charge in [0.05, 0.1) is 6.61 Å². The molecule has 0 N–H and O–H groups in total. The van der Waals surface area contributed by atoms with Crippen molar-refractivity contribution < 1.29 is 9.53 Å². The van der Waals surface area contributed by atoms with E-state index in [9.17, 15) is 4.79 Å². The van der Waals surface area contributed by atoms with Crippen LogP contribution in [-0.2, 0) is 6.42 Å². The van der Waals surface area contributed by atoms with Gasteiger partial charge in [0.1, 0.15) is 12.0 Å². The molecule has 1 aromatic rings. The van der Waals surface area contributed by atoms with E-state index in [-0.39, 0.29) is 0 Å². The van der Waals surface area contributed by atoms with Gasteiger partial charge in [-0.1, -0.05) is 20.3 Å². The highest BCUT2D eigenvalue weighted by Gasteiger charge is 2.03. The maximum absolute atomic E-state index is 10.6. The summed E-state index contributed by atoms with van der Waals surface area (Å²) in [5.74, 6) is 0.921. The molecule has 0 heterocycles. The van der Waals surface area contributed by atoms with Crippen LogP contribution in [0.2, 0.25) is 0 Å². The third-order valence-electron chi connectivity index (χ3n) is 2.20. The summed E-state index contributed by atoms with van der Waals surface area (Å²) < 4.78 is 5.62. The van der Waals surface area contributed by atoms with Crippen molar-refractivity contribution >= 4 is 6.29 Å². The van der Waals surface area contributed by atoms with Crippen LogP contribution >= 0.6 is 0 Å². The molecule has 0 aliphatic heterocycles. The standard InChI is InChI=1S/C13H18O2/c1-3-5-12-9-11(10-14)6-7-13(12)15-8-4-2/h6-7,9-10H,3-5,8H2,1-2H3. The van der Waals surface area contributed by atoms with Crippen LogP contribution in [0.5, 0.6) is 5.75 Å². The fraction of sp³-hybridized carbons (Fsp3) is 0.462. The number of hydrogen-bond acceptors (Lipinski definition) is 2. The minimum Gasteiger partial charge on any atom is -0.493 e. The first-order chi connectivity index (χ1) is 7.31.